The topological polar surface area (TPSA) is 25.4 Å². The maximum Gasteiger partial charge on any atom is 0.395 e. The molecule has 1 aliphatic carbocycles. The van der Waals surface area contributed by atoms with E-state index in [-0.39, 0.29) is 19.4 Å². The highest BCUT2D eigenvalue weighted by atomic mass is 79.9. The standard InChI is InChI=1S/C17H22BrF3N2O/c18-14-3-1-8-22-15(14)24-11-13-4-9-23(10-5-13)12-16(6-2-7-16)17(19,20)21/h1,3,8,13H,2,4-7,9-12H2. The first-order valence-corrected chi connectivity index (χ1v) is 9.21. The van der Waals surface area contributed by atoms with Gasteiger partial charge in [0.25, 0.3) is 0 Å². The second-order valence-electron chi connectivity index (χ2n) is 6.95. The van der Waals surface area contributed by atoms with Crippen molar-refractivity contribution >= 4 is 15.9 Å². The molecule has 1 aromatic rings. The van der Waals surface area contributed by atoms with Crippen LogP contribution in [-0.4, -0.2) is 42.3 Å². The summed E-state index contributed by atoms with van der Waals surface area (Å²) in [6.45, 7) is 2.16. The molecule has 3 nitrogen and oxygen atoms in total. The normalized spacial score (nSPS) is 22.2. The molecule has 1 aliphatic heterocycles. The number of aromatic nitrogens is 1. The molecule has 1 aromatic heterocycles. The maximum absolute atomic E-state index is 13.3. The predicted molar refractivity (Wildman–Crippen MR) is 88.9 cm³/mol. The van der Waals surface area contributed by atoms with Crippen molar-refractivity contribution in [3.8, 4) is 5.88 Å². The van der Waals surface area contributed by atoms with Gasteiger partial charge in [-0.2, -0.15) is 13.2 Å². The van der Waals surface area contributed by atoms with Crippen LogP contribution in [0.3, 0.4) is 0 Å². The van der Waals surface area contributed by atoms with Crippen LogP contribution in [0.25, 0.3) is 0 Å². The molecule has 1 saturated carbocycles. The SMILES string of the molecule is FC(F)(F)C1(CN2CCC(COc3ncccc3Br)CC2)CCC1. The molecule has 0 spiro atoms. The van der Waals surface area contributed by atoms with Crippen LogP contribution in [0.5, 0.6) is 5.88 Å². The summed E-state index contributed by atoms with van der Waals surface area (Å²) in [4.78, 5) is 6.15. The minimum atomic E-state index is -4.07. The third kappa shape index (κ3) is 3.87. The molecule has 0 N–H and O–H groups in total. The summed E-state index contributed by atoms with van der Waals surface area (Å²) in [5.41, 5.74) is -1.45. The van der Waals surface area contributed by atoms with Gasteiger partial charge in [-0.05, 0) is 72.8 Å². The lowest BCUT2D eigenvalue weighted by atomic mass is 9.67. The summed E-state index contributed by atoms with van der Waals surface area (Å²) in [5.74, 6) is 0.948. The number of alkyl halides is 3. The van der Waals surface area contributed by atoms with Gasteiger partial charge in [0, 0.05) is 12.7 Å². The molecule has 0 aromatic carbocycles. The average molecular weight is 407 g/mol. The summed E-state index contributed by atoms with van der Waals surface area (Å²) >= 11 is 3.39. The molecule has 0 bridgehead atoms. The van der Waals surface area contributed by atoms with Gasteiger partial charge in [0.15, 0.2) is 0 Å². The van der Waals surface area contributed by atoms with E-state index in [1.807, 2.05) is 17.0 Å². The third-order valence-electron chi connectivity index (χ3n) is 5.33. The molecule has 0 unspecified atom stereocenters. The summed E-state index contributed by atoms with van der Waals surface area (Å²) in [6, 6.07) is 3.70. The Morgan fingerprint density at radius 3 is 2.54 bits per heavy atom. The minimum absolute atomic E-state index is 0.163. The Balaban J connectivity index is 1.45. The highest BCUT2D eigenvalue weighted by Crippen LogP contribution is 2.53. The van der Waals surface area contributed by atoms with Crippen molar-refractivity contribution in [1.29, 1.82) is 0 Å². The van der Waals surface area contributed by atoms with E-state index in [1.165, 1.54) is 0 Å². The van der Waals surface area contributed by atoms with E-state index in [2.05, 4.69) is 20.9 Å². The molecule has 0 radical (unpaired) electrons. The van der Waals surface area contributed by atoms with Gasteiger partial charge in [0.05, 0.1) is 16.5 Å². The highest BCUT2D eigenvalue weighted by molar-refractivity contribution is 9.10. The zero-order valence-electron chi connectivity index (χ0n) is 13.5. The first kappa shape index (κ1) is 18.0. The van der Waals surface area contributed by atoms with E-state index in [9.17, 15) is 13.2 Å². The molecular formula is C17H22BrF3N2O. The van der Waals surface area contributed by atoms with E-state index in [0.29, 0.717) is 24.8 Å². The number of ether oxygens (including phenoxy) is 1. The lowest BCUT2D eigenvalue weighted by molar-refractivity contribution is -0.256. The van der Waals surface area contributed by atoms with E-state index < -0.39 is 11.6 Å². The molecule has 3 rings (SSSR count). The summed E-state index contributed by atoms with van der Waals surface area (Å²) in [5, 5.41) is 0. The number of rotatable bonds is 5. The maximum atomic E-state index is 13.3. The van der Waals surface area contributed by atoms with Gasteiger partial charge in [-0.3, -0.25) is 0 Å². The summed E-state index contributed by atoms with van der Waals surface area (Å²) in [7, 11) is 0. The first-order valence-electron chi connectivity index (χ1n) is 8.42. The number of pyridine rings is 1. The molecule has 2 aliphatic rings. The Morgan fingerprint density at radius 1 is 1.29 bits per heavy atom. The van der Waals surface area contributed by atoms with Crippen LogP contribution in [0.2, 0.25) is 0 Å². The third-order valence-corrected chi connectivity index (χ3v) is 5.93. The Hall–Kier alpha value is -0.820. The van der Waals surface area contributed by atoms with Gasteiger partial charge in [0.2, 0.25) is 5.88 Å². The second-order valence-corrected chi connectivity index (χ2v) is 7.81. The van der Waals surface area contributed by atoms with Crippen molar-refractivity contribution in [3.63, 3.8) is 0 Å². The van der Waals surface area contributed by atoms with Crippen LogP contribution in [0, 0.1) is 11.3 Å². The van der Waals surface area contributed by atoms with Crippen molar-refractivity contribution in [2.45, 2.75) is 38.3 Å². The Kier molecular flexibility index (Phi) is 5.39. The molecule has 2 fully saturated rings. The molecule has 2 heterocycles. The number of likely N-dealkylation sites (tertiary alicyclic amines) is 1. The zero-order chi connectivity index (χ0) is 17.2. The second kappa shape index (κ2) is 7.20. The minimum Gasteiger partial charge on any atom is -0.477 e. The zero-order valence-corrected chi connectivity index (χ0v) is 15.1. The number of hydrogen-bond acceptors (Lipinski definition) is 3. The summed E-state index contributed by atoms with van der Waals surface area (Å²) < 4.78 is 46.4. The monoisotopic (exact) mass is 406 g/mol. The predicted octanol–water partition coefficient (Wildman–Crippen LogP) is 4.67. The van der Waals surface area contributed by atoms with Crippen molar-refractivity contribution in [1.82, 2.24) is 9.88 Å². The van der Waals surface area contributed by atoms with Crippen LogP contribution < -0.4 is 4.74 Å². The molecule has 24 heavy (non-hydrogen) atoms. The van der Waals surface area contributed by atoms with Crippen molar-refractivity contribution < 1.29 is 17.9 Å². The quantitative estimate of drug-likeness (QED) is 0.710. The van der Waals surface area contributed by atoms with Crippen LogP contribution in [0.4, 0.5) is 13.2 Å². The largest absolute Gasteiger partial charge is 0.477 e. The Labute approximate surface area is 148 Å². The fourth-order valence-electron chi connectivity index (χ4n) is 3.55. The first-order chi connectivity index (χ1) is 11.4. The molecule has 7 heteroatoms. The average Bonchev–Trinajstić information content (AvgIpc) is 2.50. The van der Waals surface area contributed by atoms with Crippen LogP contribution in [0.15, 0.2) is 22.8 Å². The number of halogens is 4. The van der Waals surface area contributed by atoms with Gasteiger partial charge in [-0.15, -0.1) is 0 Å². The smallest absolute Gasteiger partial charge is 0.395 e. The van der Waals surface area contributed by atoms with Crippen LogP contribution >= 0.6 is 15.9 Å². The number of nitrogens with zero attached hydrogens (tertiary/aromatic N) is 2. The van der Waals surface area contributed by atoms with Crippen molar-refractivity contribution in [2.75, 3.05) is 26.2 Å². The fourth-order valence-corrected chi connectivity index (χ4v) is 3.92. The van der Waals surface area contributed by atoms with Crippen molar-refractivity contribution in [3.05, 3.63) is 22.8 Å². The molecule has 0 atom stereocenters. The molecule has 0 amide bonds. The van der Waals surface area contributed by atoms with E-state index in [0.717, 1.165) is 30.4 Å². The fraction of sp³-hybridized carbons (Fsp3) is 0.706. The Bertz CT molecular complexity index is 555. The Morgan fingerprint density at radius 2 is 2.00 bits per heavy atom. The molecular weight excluding hydrogens is 385 g/mol. The molecule has 1 saturated heterocycles. The van der Waals surface area contributed by atoms with E-state index >= 15 is 0 Å². The van der Waals surface area contributed by atoms with Gasteiger partial charge < -0.3 is 9.64 Å². The molecule has 134 valence electrons. The van der Waals surface area contributed by atoms with Crippen LogP contribution in [0.1, 0.15) is 32.1 Å². The van der Waals surface area contributed by atoms with Gasteiger partial charge in [-0.1, -0.05) is 6.42 Å². The summed E-state index contributed by atoms with van der Waals surface area (Å²) in [6.07, 6.45) is 0.619. The number of hydrogen-bond donors (Lipinski definition) is 0. The highest BCUT2D eigenvalue weighted by Gasteiger charge is 2.58. The van der Waals surface area contributed by atoms with E-state index in [1.54, 1.807) is 6.20 Å². The van der Waals surface area contributed by atoms with Gasteiger partial charge >= 0.3 is 6.18 Å². The van der Waals surface area contributed by atoms with Gasteiger partial charge in [0.1, 0.15) is 0 Å². The number of piperidine rings is 1. The van der Waals surface area contributed by atoms with E-state index in [4.69, 9.17) is 4.74 Å². The van der Waals surface area contributed by atoms with Crippen molar-refractivity contribution in [2.24, 2.45) is 11.3 Å². The lowest BCUT2D eigenvalue weighted by Crippen LogP contribution is -2.53. The lowest BCUT2D eigenvalue weighted by Gasteiger charge is -2.47. The van der Waals surface area contributed by atoms with Gasteiger partial charge in [-0.25, -0.2) is 4.98 Å². The van der Waals surface area contributed by atoms with Crippen LogP contribution in [-0.2, 0) is 0 Å².